The molecule has 4 aliphatic carbocycles. The second kappa shape index (κ2) is 15.7. The third-order valence-corrected chi connectivity index (χ3v) is 12.6. The summed E-state index contributed by atoms with van der Waals surface area (Å²) in [5.74, 6) is -0.0111. The molecular weight excluding hydrogens is 634 g/mol. The van der Waals surface area contributed by atoms with Crippen molar-refractivity contribution in [1.29, 1.82) is 0 Å². The number of hydrogen-bond acceptors (Lipinski definition) is 6. The molecule has 1 saturated heterocycles. The summed E-state index contributed by atoms with van der Waals surface area (Å²) >= 11 is 0. The van der Waals surface area contributed by atoms with E-state index < -0.39 is 53.2 Å². The van der Waals surface area contributed by atoms with E-state index in [0.29, 0.717) is 6.54 Å². The molecule has 0 radical (unpaired) electrons. The van der Waals surface area contributed by atoms with Crippen molar-refractivity contribution >= 4 is 35.3 Å². The third-order valence-electron chi connectivity index (χ3n) is 12.6. The molecule has 4 N–H and O–H groups in total. The number of likely N-dealkylation sites (tertiary alicyclic amines) is 1. The Balaban J connectivity index is 1.35. The smallest absolute Gasteiger partial charge is 0.316 e. The molecular formula is C39H57N5O6. The zero-order valence-corrected chi connectivity index (χ0v) is 30.2. The van der Waals surface area contributed by atoms with E-state index in [1.165, 1.54) is 6.08 Å². The monoisotopic (exact) mass is 691 g/mol. The van der Waals surface area contributed by atoms with Crippen LogP contribution < -0.4 is 21.3 Å². The minimum absolute atomic E-state index is 0.0753. The number of carbonyl (C=O) groups excluding carboxylic acids is 6. The van der Waals surface area contributed by atoms with Crippen molar-refractivity contribution < 1.29 is 28.8 Å². The summed E-state index contributed by atoms with van der Waals surface area (Å²) in [5.41, 5.74) is -0.597. The largest absolute Gasteiger partial charge is 0.346 e. The molecule has 0 aromatic heterocycles. The van der Waals surface area contributed by atoms with Crippen LogP contribution in [-0.2, 0) is 24.0 Å². The van der Waals surface area contributed by atoms with Crippen molar-refractivity contribution in [1.82, 2.24) is 26.2 Å². The fourth-order valence-corrected chi connectivity index (χ4v) is 9.00. The van der Waals surface area contributed by atoms with Crippen LogP contribution in [0.25, 0.3) is 0 Å². The maximum Gasteiger partial charge on any atom is 0.316 e. The Morgan fingerprint density at radius 1 is 0.880 bits per heavy atom. The predicted octanol–water partition coefficient (Wildman–Crippen LogP) is 3.81. The van der Waals surface area contributed by atoms with E-state index >= 15 is 0 Å². The Labute approximate surface area is 297 Å². The molecule has 0 aromatic rings. The van der Waals surface area contributed by atoms with Crippen LogP contribution in [0.5, 0.6) is 0 Å². The highest BCUT2D eigenvalue weighted by Gasteiger charge is 2.69. The first-order valence-electron chi connectivity index (χ1n) is 18.9. The van der Waals surface area contributed by atoms with Gasteiger partial charge in [0.05, 0.1) is 12.1 Å². The Bertz CT molecular complexity index is 1390. The summed E-state index contributed by atoms with van der Waals surface area (Å²) in [4.78, 5) is 83.6. The topological polar surface area (TPSA) is 154 Å². The molecule has 1 aliphatic heterocycles. The Kier molecular flexibility index (Phi) is 11.8. The van der Waals surface area contributed by atoms with E-state index in [1.54, 1.807) is 4.90 Å². The van der Waals surface area contributed by atoms with Gasteiger partial charge in [0.15, 0.2) is 5.78 Å². The van der Waals surface area contributed by atoms with Crippen molar-refractivity contribution in [2.45, 2.75) is 135 Å². The average molecular weight is 692 g/mol. The molecule has 1 unspecified atom stereocenters. The zero-order valence-electron chi connectivity index (χ0n) is 30.2. The van der Waals surface area contributed by atoms with Gasteiger partial charge in [-0.15, -0.1) is 18.9 Å². The van der Waals surface area contributed by atoms with Gasteiger partial charge < -0.3 is 26.2 Å². The molecule has 50 heavy (non-hydrogen) atoms. The number of nitrogens with one attached hydrogen (secondary N) is 4. The quantitative estimate of drug-likeness (QED) is 0.116. The Morgan fingerprint density at radius 2 is 1.46 bits per heavy atom. The predicted molar refractivity (Wildman–Crippen MR) is 189 cm³/mol. The number of hydrogen-bond donors (Lipinski definition) is 4. The molecule has 0 spiro atoms. The number of fused-ring (bicyclic) bond motifs is 1. The molecule has 6 atom stereocenters. The lowest BCUT2D eigenvalue weighted by Gasteiger charge is -2.38. The van der Waals surface area contributed by atoms with E-state index in [9.17, 15) is 28.8 Å². The zero-order chi connectivity index (χ0) is 36.2. The molecule has 5 rings (SSSR count). The van der Waals surface area contributed by atoms with Crippen LogP contribution in [0, 0.1) is 46.8 Å². The number of ketones is 2. The first-order chi connectivity index (χ1) is 23.8. The minimum Gasteiger partial charge on any atom is -0.346 e. The van der Waals surface area contributed by atoms with Gasteiger partial charge in [-0.1, -0.05) is 65.4 Å². The minimum atomic E-state index is -1.15. The number of carbonyl (C=O) groups is 6. The second-order valence-corrected chi connectivity index (χ2v) is 16.4. The van der Waals surface area contributed by atoms with E-state index in [1.807, 2.05) is 6.92 Å². The van der Waals surface area contributed by atoms with Crippen LogP contribution in [0.2, 0.25) is 0 Å². The van der Waals surface area contributed by atoms with Crippen LogP contribution >= 0.6 is 0 Å². The van der Waals surface area contributed by atoms with E-state index in [-0.39, 0.29) is 60.2 Å². The SMILES string of the molecule is C#CCCC(NC(=O)[C@@H]1[C@@H]2[C@H](CN1C(=O)[C@@H](NC(=O)N[C@H](C(=O)C1(C)CC1)C1CCCCC1)C1CCCCC1)C2(C)C)C(=O)C(=O)NCC=C. The van der Waals surface area contributed by atoms with Gasteiger partial charge in [0, 0.05) is 24.9 Å². The van der Waals surface area contributed by atoms with Gasteiger partial charge in [-0.2, -0.15) is 0 Å². The first kappa shape index (κ1) is 37.6. The van der Waals surface area contributed by atoms with Crippen LogP contribution in [0.15, 0.2) is 12.7 Å². The van der Waals surface area contributed by atoms with Gasteiger partial charge in [0.25, 0.3) is 5.91 Å². The van der Waals surface area contributed by atoms with Crippen LogP contribution in [0.4, 0.5) is 4.79 Å². The highest BCUT2D eigenvalue weighted by atomic mass is 16.2. The van der Waals surface area contributed by atoms with Crippen molar-refractivity contribution in [3.05, 3.63) is 12.7 Å². The summed E-state index contributed by atoms with van der Waals surface area (Å²) in [6, 6.07) is -4.00. The lowest BCUT2D eigenvalue weighted by atomic mass is 9.79. The lowest BCUT2D eigenvalue weighted by molar-refractivity contribution is -0.144. The van der Waals surface area contributed by atoms with Crippen molar-refractivity contribution in [2.75, 3.05) is 13.1 Å². The molecule has 11 nitrogen and oxygen atoms in total. The van der Waals surface area contributed by atoms with Gasteiger partial charge in [-0.25, -0.2) is 4.79 Å². The second-order valence-electron chi connectivity index (χ2n) is 16.4. The van der Waals surface area contributed by atoms with E-state index in [2.05, 4.69) is 47.6 Å². The third kappa shape index (κ3) is 8.10. The molecule has 1 heterocycles. The number of urea groups is 1. The number of amides is 5. The lowest BCUT2D eigenvalue weighted by Crippen LogP contribution is -2.61. The Hall–Kier alpha value is -3.68. The van der Waals surface area contributed by atoms with Gasteiger partial charge >= 0.3 is 6.03 Å². The highest BCUT2D eigenvalue weighted by Crippen LogP contribution is 2.65. The molecule has 0 bridgehead atoms. The van der Waals surface area contributed by atoms with E-state index in [0.717, 1.165) is 77.0 Å². The number of piperidine rings is 1. The van der Waals surface area contributed by atoms with E-state index in [4.69, 9.17) is 6.42 Å². The maximum atomic E-state index is 14.7. The number of nitrogens with zero attached hydrogens (tertiary/aromatic N) is 1. The summed E-state index contributed by atoms with van der Waals surface area (Å²) in [5, 5.41) is 11.3. The first-order valence-corrected chi connectivity index (χ1v) is 18.9. The molecule has 11 heteroatoms. The molecule has 274 valence electrons. The highest BCUT2D eigenvalue weighted by molar-refractivity contribution is 6.38. The van der Waals surface area contributed by atoms with Crippen molar-refractivity contribution in [3.63, 3.8) is 0 Å². The summed E-state index contributed by atoms with van der Waals surface area (Å²) in [7, 11) is 0. The van der Waals surface area contributed by atoms with Gasteiger partial charge in [-0.05, 0) is 74.0 Å². The van der Waals surface area contributed by atoms with Crippen molar-refractivity contribution in [2.24, 2.45) is 34.5 Å². The molecule has 4 saturated carbocycles. The Morgan fingerprint density at radius 3 is 2.02 bits per heavy atom. The number of Topliss-reactive ketones (excluding diaryl/α,β-unsaturated/α-hetero) is 2. The van der Waals surface area contributed by atoms with Gasteiger partial charge in [-0.3, -0.25) is 24.0 Å². The fraction of sp³-hybridized carbons (Fsp3) is 0.744. The van der Waals surface area contributed by atoms with Gasteiger partial charge in [0.2, 0.25) is 17.6 Å². The maximum absolute atomic E-state index is 14.7. The fourth-order valence-electron chi connectivity index (χ4n) is 9.00. The number of rotatable bonds is 15. The molecule has 5 amide bonds. The van der Waals surface area contributed by atoms with Crippen LogP contribution in [0.1, 0.15) is 111 Å². The summed E-state index contributed by atoms with van der Waals surface area (Å²) in [6.45, 7) is 10.1. The van der Waals surface area contributed by atoms with Gasteiger partial charge in [0.1, 0.15) is 12.1 Å². The average Bonchev–Trinajstić information content (AvgIpc) is 3.91. The molecule has 0 aromatic carbocycles. The standard InChI is InChI=1S/C39H57N5O6/c1-6-8-19-27(32(45)35(48)40-22-7-2)41-34(47)31-28-26(38(28,3)4)23-44(31)36(49)30(25-17-13-10-14-18-25)43-37(50)42-29(24-15-11-9-12-16-24)33(46)39(5)20-21-39/h1,7,24-31H,2,8-23H2,3-5H3,(H,40,48)(H,41,47)(H2,42,43,50)/t26-,27?,28-,29-,30-,31-/m0/s1. The van der Waals surface area contributed by atoms with Crippen LogP contribution in [0.3, 0.4) is 0 Å². The summed E-state index contributed by atoms with van der Waals surface area (Å²) in [6.07, 6.45) is 18.3. The normalized spacial score (nSPS) is 26.9. The van der Waals surface area contributed by atoms with Crippen molar-refractivity contribution in [3.8, 4) is 12.3 Å². The summed E-state index contributed by atoms with van der Waals surface area (Å²) < 4.78 is 0. The molecule has 5 fully saturated rings. The van der Waals surface area contributed by atoms with Crippen LogP contribution in [-0.4, -0.2) is 77.5 Å². The molecule has 5 aliphatic rings. The number of terminal acetylenes is 1.